The predicted molar refractivity (Wildman–Crippen MR) is 94.4 cm³/mol. The van der Waals surface area contributed by atoms with Crippen molar-refractivity contribution in [1.29, 1.82) is 0 Å². The number of nitrogens with one attached hydrogen (secondary N) is 1. The fraction of sp³-hybridized carbons (Fsp3) is 0.214. The van der Waals surface area contributed by atoms with Crippen LogP contribution in [0.15, 0.2) is 27.1 Å². The average Bonchev–Trinajstić information content (AvgIpc) is 2.88. The van der Waals surface area contributed by atoms with Gasteiger partial charge in [-0.05, 0) is 40.5 Å². The molecule has 7 nitrogen and oxygen atoms in total. The molecule has 2 rings (SSSR count). The molecule has 0 aliphatic heterocycles. The average molecular weight is 399 g/mol. The van der Waals surface area contributed by atoms with Gasteiger partial charge in [-0.25, -0.2) is 4.98 Å². The lowest BCUT2D eigenvalue weighted by Crippen LogP contribution is -2.05. The second-order valence-electron chi connectivity index (χ2n) is 4.30. The van der Waals surface area contributed by atoms with Crippen molar-refractivity contribution in [2.45, 2.75) is 13.8 Å². The Morgan fingerprint density at radius 1 is 1.57 bits per heavy atom. The minimum Gasteiger partial charge on any atom is -0.490 e. The maximum Gasteiger partial charge on any atom is 0.308 e. The Morgan fingerprint density at radius 3 is 2.96 bits per heavy atom. The standard InChI is InChI=1S/C14H15BrN4O3S/c1-3-21-11-5-9(4-10(15)13(11)22-8(2)20)6-17-19-14-18-12(16)7-23-14/h4-7H,3,16H2,1-2H3,(H,18,19). The normalized spacial score (nSPS) is 10.7. The van der Waals surface area contributed by atoms with Gasteiger partial charge in [-0.2, -0.15) is 5.10 Å². The zero-order valence-corrected chi connectivity index (χ0v) is 14.9. The van der Waals surface area contributed by atoms with E-state index < -0.39 is 5.97 Å². The Balaban J connectivity index is 2.20. The van der Waals surface area contributed by atoms with Gasteiger partial charge >= 0.3 is 5.97 Å². The number of carbonyl (C=O) groups is 1. The molecule has 0 radical (unpaired) electrons. The number of esters is 1. The van der Waals surface area contributed by atoms with Gasteiger partial charge in [-0.15, -0.1) is 11.3 Å². The predicted octanol–water partition coefficient (Wildman–Crippen LogP) is 3.26. The van der Waals surface area contributed by atoms with E-state index in [4.69, 9.17) is 15.2 Å². The van der Waals surface area contributed by atoms with Gasteiger partial charge < -0.3 is 15.2 Å². The molecule has 0 unspecified atom stereocenters. The summed E-state index contributed by atoms with van der Waals surface area (Å²) >= 11 is 4.73. The zero-order chi connectivity index (χ0) is 16.8. The highest BCUT2D eigenvalue weighted by Gasteiger charge is 2.13. The molecule has 2 aromatic rings. The van der Waals surface area contributed by atoms with Crippen molar-refractivity contribution in [3.63, 3.8) is 0 Å². The first-order chi connectivity index (χ1) is 11.0. The van der Waals surface area contributed by atoms with Crippen LogP contribution in [0.2, 0.25) is 0 Å². The molecule has 1 aromatic carbocycles. The lowest BCUT2D eigenvalue weighted by molar-refractivity contribution is -0.132. The topological polar surface area (TPSA) is 98.8 Å². The molecular weight excluding hydrogens is 384 g/mol. The van der Waals surface area contributed by atoms with E-state index in [0.29, 0.717) is 33.5 Å². The Hall–Kier alpha value is -2.13. The molecule has 1 heterocycles. The monoisotopic (exact) mass is 398 g/mol. The van der Waals surface area contributed by atoms with E-state index in [1.54, 1.807) is 23.7 Å². The highest BCUT2D eigenvalue weighted by molar-refractivity contribution is 9.10. The summed E-state index contributed by atoms with van der Waals surface area (Å²) in [6.07, 6.45) is 1.60. The number of hydrogen-bond acceptors (Lipinski definition) is 8. The van der Waals surface area contributed by atoms with Gasteiger partial charge in [-0.3, -0.25) is 10.2 Å². The van der Waals surface area contributed by atoms with Crippen LogP contribution >= 0.6 is 27.3 Å². The summed E-state index contributed by atoms with van der Waals surface area (Å²) in [5.74, 6) is 0.824. The van der Waals surface area contributed by atoms with Crippen LogP contribution < -0.4 is 20.6 Å². The van der Waals surface area contributed by atoms with Gasteiger partial charge in [0.15, 0.2) is 11.5 Å². The Kier molecular flexibility index (Phi) is 5.94. The third-order valence-electron chi connectivity index (χ3n) is 2.47. The molecule has 0 fully saturated rings. The van der Waals surface area contributed by atoms with Crippen LogP contribution in [0, 0.1) is 0 Å². The van der Waals surface area contributed by atoms with E-state index in [1.165, 1.54) is 18.3 Å². The third-order valence-corrected chi connectivity index (χ3v) is 3.83. The molecule has 0 spiro atoms. The van der Waals surface area contributed by atoms with Crippen LogP contribution in [0.4, 0.5) is 10.9 Å². The van der Waals surface area contributed by atoms with Gasteiger partial charge in [0.1, 0.15) is 5.82 Å². The Labute approximate surface area is 145 Å². The second kappa shape index (κ2) is 7.93. The molecule has 0 atom stereocenters. The first kappa shape index (κ1) is 17.2. The van der Waals surface area contributed by atoms with Gasteiger partial charge in [-0.1, -0.05) is 0 Å². The number of anilines is 2. The molecule has 0 saturated heterocycles. The number of nitrogens with zero attached hydrogens (tertiary/aromatic N) is 2. The molecular formula is C14H15BrN4O3S. The fourth-order valence-electron chi connectivity index (χ4n) is 1.67. The number of rotatable bonds is 6. The van der Waals surface area contributed by atoms with Crippen molar-refractivity contribution in [1.82, 2.24) is 4.98 Å². The van der Waals surface area contributed by atoms with E-state index in [2.05, 4.69) is 31.4 Å². The number of thiazole rings is 1. The number of ether oxygens (including phenoxy) is 2. The summed E-state index contributed by atoms with van der Waals surface area (Å²) < 4.78 is 11.3. The SMILES string of the molecule is CCOc1cc(C=NNc2nc(N)cs2)cc(Br)c1OC(C)=O. The summed E-state index contributed by atoms with van der Waals surface area (Å²) in [6.45, 7) is 3.62. The first-order valence-electron chi connectivity index (χ1n) is 6.64. The number of hydrazone groups is 1. The first-order valence-corrected chi connectivity index (χ1v) is 8.31. The molecule has 0 amide bonds. The van der Waals surface area contributed by atoms with Crippen LogP contribution in [0.3, 0.4) is 0 Å². The van der Waals surface area contributed by atoms with Gasteiger partial charge in [0.05, 0.1) is 17.3 Å². The Bertz CT molecular complexity index is 733. The van der Waals surface area contributed by atoms with E-state index in [-0.39, 0.29) is 0 Å². The highest BCUT2D eigenvalue weighted by atomic mass is 79.9. The van der Waals surface area contributed by atoms with Crippen molar-refractivity contribution in [3.05, 3.63) is 27.5 Å². The summed E-state index contributed by atoms with van der Waals surface area (Å²) in [5, 5.41) is 6.41. The Morgan fingerprint density at radius 2 is 2.35 bits per heavy atom. The van der Waals surface area contributed by atoms with Crippen LogP contribution in [0.5, 0.6) is 11.5 Å². The lowest BCUT2D eigenvalue weighted by atomic mass is 10.2. The van der Waals surface area contributed by atoms with Crippen molar-refractivity contribution in [2.24, 2.45) is 5.10 Å². The number of benzene rings is 1. The maximum atomic E-state index is 11.2. The number of nitrogens with two attached hydrogens (primary N) is 1. The smallest absolute Gasteiger partial charge is 0.308 e. The van der Waals surface area contributed by atoms with Crippen molar-refractivity contribution < 1.29 is 14.3 Å². The lowest BCUT2D eigenvalue weighted by Gasteiger charge is -2.12. The van der Waals surface area contributed by atoms with E-state index in [1.807, 2.05) is 6.92 Å². The summed E-state index contributed by atoms with van der Waals surface area (Å²) in [7, 11) is 0. The number of halogens is 1. The van der Waals surface area contributed by atoms with Crippen LogP contribution in [0.25, 0.3) is 0 Å². The molecule has 122 valence electrons. The van der Waals surface area contributed by atoms with E-state index in [0.717, 1.165) is 5.56 Å². The molecule has 0 bridgehead atoms. The minimum absolute atomic E-state index is 0.345. The van der Waals surface area contributed by atoms with Crippen molar-refractivity contribution >= 4 is 50.4 Å². The molecule has 0 aliphatic carbocycles. The molecule has 9 heteroatoms. The quantitative estimate of drug-likeness (QED) is 0.335. The maximum absolute atomic E-state index is 11.2. The van der Waals surface area contributed by atoms with E-state index in [9.17, 15) is 4.79 Å². The van der Waals surface area contributed by atoms with Gasteiger partial charge in [0, 0.05) is 12.3 Å². The number of aromatic nitrogens is 1. The van der Waals surface area contributed by atoms with Gasteiger partial charge in [0.2, 0.25) is 5.13 Å². The fourth-order valence-corrected chi connectivity index (χ4v) is 2.76. The number of hydrogen-bond donors (Lipinski definition) is 2. The zero-order valence-electron chi connectivity index (χ0n) is 12.5. The summed E-state index contributed by atoms with van der Waals surface area (Å²) in [5.41, 5.74) is 9.08. The van der Waals surface area contributed by atoms with Crippen LogP contribution in [0.1, 0.15) is 19.4 Å². The largest absolute Gasteiger partial charge is 0.490 e. The van der Waals surface area contributed by atoms with Crippen molar-refractivity contribution in [3.8, 4) is 11.5 Å². The molecule has 23 heavy (non-hydrogen) atoms. The van der Waals surface area contributed by atoms with Crippen LogP contribution in [-0.4, -0.2) is 23.8 Å². The van der Waals surface area contributed by atoms with Crippen LogP contribution in [-0.2, 0) is 4.79 Å². The summed E-state index contributed by atoms with van der Waals surface area (Å²) in [6, 6.07) is 3.50. The molecule has 3 N–H and O–H groups in total. The second-order valence-corrected chi connectivity index (χ2v) is 6.02. The van der Waals surface area contributed by atoms with Crippen molar-refractivity contribution in [2.75, 3.05) is 17.8 Å². The molecule has 0 aliphatic rings. The summed E-state index contributed by atoms with van der Waals surface area (Å²) in [4.78, 5) is 15.2. The molecule has 1 aromatic heterocycles. The number of nitrogen functional groups attached to an aromatic ring is 1. The number of carbonyl (C=O) groups excluding carboxylic acids is 1. The molecule has 0 saturated carbocycles. The van der Waals surface area contributed by atoms with E-state index >= 15 is 0 Å². The van der Waals surface area contributed by atoms with Gasteiger partial charge in [0.25, 0.3) is 0 Å². The minimum atomic E-state index is -0.420. The third kappa shape index (κ3) is 4.93. The highest BCUT2D eigenvalue weighted by Crippen LogP contribution is 2.36.